The molecule has 0 bridgehead atoms. The zero-order valence-corrected chi connectivity index (χ0v) is 11.8. The van der Waals surface area contributed by atoms with E-state index in [-0.39, 0.29) is 5.56 Å². The maximum Gasteiger partial charge on any atom is 0.286 e. The summed E-state index contributed by atoms with van der Waals surface area (Å²) in [5, 5.41) is 1.84. The minimum Gasteiger partial charge on any atom is -0.472 e. The molecule has 3 rings (SSSR count). The summed E-state index contributed by atoms with van der Waals surface area (Å²) >= 11 is 1.41. The van der Waals surface area contributed by atoms with Crippen LogP contribution in [0.4, 0.5) is 5.69 Å². The summed E-state index contributed by atoms with van der Waals surface area (Å²) in [5.74, 6) is 0.374. The average molecular weight is 293 g/mol. The van der Waals surface area contributed by atoms with Crippen LogP contribution in [0, 0.1) is 0 Å². The van der Waals surface area contributed by atoms with Gasteiger partial charge in [-0.3, -0.25) is 9.20 Å². The van der Waals surface area contributed by atoms with E-state index in [0.29, 0.717) is 49.4 Å². The molecule has 6 nitrogen and oxygen atoms in total. The molecular formula is C13H15N3O3S. The second-order valence-corrected chi connectivity index (χ2v) is 5.20. The molecule has 0 amide bonds. The smallest absolute Gasteiger partial charge is 0.286 e. The molecule has 1 aliphatic rings. The van der Waals surface area contributed by atoms with Crippen molar-refractivity contribution in [2.24, 2.45) is 0 Å². The van der Waals surface area contributed by atoms with Crippen LogP contribution in [0.25, 0.3) is 4.96 Å². The molecule has 7 heteroatoms. The standard InChI is InChI=1S/C13H15N3O3S/c1-2-6-19-11-10(15-3-7-18-8-4-15)12(17)16-5-9-20-13(16)14-11/h2,5,9H,1,3-4,6-8H2. The first-order chi connectivity index (χ1) is 9.81. The molecule has 0 aliphatic carbocycles. The highest BCUT2D eigenvalue weighted by atomic mass is 32.1. The molecule has 0 atom stereocenters. The van der Waals surface area contributed by atoms with Crippen LogP contribution >= 0.6 is 11.3 Å². The molecule has 0 aromatic carbocycles. The molecule has 2 aromatic rings. The van der Waals surface area contributed by atoms with E-state index in [4.69, 9.17) is 9.47 Å². The van der Waals surface area contributed by atoms with Crippen molar-refractivity contribution in [3.05, 3.63) is 34.6 Å². The van der Waals surface area contributed by atoms with Gasteiger partial charge in [0.2, 0.25) is 5.88 Å². The summed E-state index contributed by atoms with van der Waals surface area (Å²) in [6.45, 7) is 6.49. The summed E-state index contributed by atoms with van der Waals surface area (Å²) in [6, 6.07) is 0. The van der Waals surface area contributed by atoms with Gasteiger partial charge in [-0.15, -0.1) is 11.3 Å². The van der Waals surface area contributed by atoms with Crippen molar-refractivity contribution in [1.82, 2.24) is 9.38 Å². The van der Waals surface area contributed by atoms with Crippen LogP contribution in [-0.2, 0) is 4.74 Å². The van der Waals surface area contributed by atoms with Crippen molar-refractivity contribution in [2.75, 3.05) is 37.8 Å². The first kappa shape index (κ1) is 13.1. The second kappa shape index (κ2) is 5.64. The van der Waals surface area contributed by atoms with Gasteiger partial charge in [0.1, 0.15) is 6.61 Å². The predicted molar refractivity (Wildman–Crippen MR) is 78.1 cm³/mol. The Kier molecular flexibility index (Phi) is 3.70. The Labute approximate surface area is 119 Å². The summed E-state index contributed by atoms with van der Waals surface area (Å²) < 4.78 is 12.5. The lowest BCUT2D eigenvalue weighted by atomic mass is 10.3. The fourth-order valence-electron chi connectivity index (χ4n) is 2.15. The van der Waals surface area contributed by atoms with Crippen molar-refractivity contribution < 1.29 is 9.47 Å². The Morgan fingerprint density at radius 3 is 3.05 bits per heavy atom. The lowest BCUT2D eigenvalue weighted by molar-refractivity contribution is 0.122. The largest absolute Gasteiger partial charge is 0.472 e. The van der Waals surface area contributed by atoms with E-state index in [9.17, 15) is 4.79 Å². The van der Waals surface area contributed by atoms with Crippen molar-refractivity contribution in [1.29, 1.82) is 0 Å². The maximum absolute atomic E-state index is 12.6. The molecule has 0 radical (unpaired) electrons. The molecule has 0 spiro atoms. The van der Waals surface area contributed by atoms with E-state index in [1.165, 1.54) is 11.3 Å². The fourth-order valence-corrected chi connectivity index (χ4v) is 2.85. The summed E-state index contributed by atoms with van der Waals surface area (Å²) in [7, 11) is 0. The third kappa shape index (κ3) is 2.30. The number of fused-ring (bicyclic) bond motifs is 1. The molecule has 20 heavy (non-hydrogen) atoms. The van der Waals surface area contributed by atoms with E-state index in [1.54, 1.807) is 16.7 Å². The quantitative estimate of drug-likeness (QED) is 0.792. The third-order valence-corrected chi connectivity index (χ3v) is 3.83. The van der Waals surface area contributed by atoms with Crippen LogP contribution in [0.1, 0.15) is 0 Å². The van der Waals surface area contributed by atoms with Gasteiger partial charge in [-0.05, 0) is 0 Å². The number of hydrogen-bond acceptors (Lipinski definition) is 6. The van der Waals surface area contributed by atoms with E-state index in [2.05, 4.69) is 11.6 Å². The van der Waals surface area contributed by atoms with E-state index in [1.807, 2.05) is 10.3 Å². The van der Waals surface area contributed by atoms with Gasteiger partial charge >= 0.3 is 0 Å². The number of ether oxygens (including phenoxy) is 2. The minimum absolute atomic E-state index is 0.0998. The van der Waals surface area contributed by atoms with Crippen LogP contribution in [0.15, 0.2) is 29.0 Å². The lowest BCUT2D eigenvalue weighted by Crippen LogP contribution is -2.40. The van der Waals surface area contributed by atoms with Crippen molar-refractivity contribution in [3.8, 4) is 5.88 Å². The predicted octanol–water partition coefficient (Wildman–Crippen LogP) is 1.16. The Hall–Kier alpha value is -1.86. The Morgan fingerprint density at radius 2 is 2.30 bits per heavy atom. The maximum atomic E-state index is 12.6. The zero-order chi connectivity index (χ0) is 13.9. The molecule has 0 saturated carbocycles. The summed E-state index contributed by atoms with van der Waals surface area (Å²) in [4.78, 5) is 19.7. The average Bonchev–Trinajstić information content (AvgIpc) is 2.95. The van der Waals surface area contributed by atoms with Gasteiger partial charge in [-0.2, -0.15) is 4.98 Å². The topological polar surface area (TPSA) is 56.1 Å². The monoisotopic (exact) mass is 293 g/mol. The Morgan fingerprint density at radius 1 is 1.50 bits per heavy atom. The molecule has 106 valence electrons. The van der Waals surface area contributed by atoms with E-state index < -0.39 is 0 Å². The van der Waals surface area contributed by atoms with Gasteiger partial charge in [0.05, 0.1) is 13.2 Å². The number of rotatable bonds is 4. The SMILES string of the molecule is C=CCOc1nc2sccn2c(=O)c1N1CCOCC1. The third-order valence-electron chi connectivity index (χ3n) is 3.08. The normalized spacial score (nSPS) is 15.5. The van der Waals surface area contributed by atoms with Crippen LogP contribution in [-0.4, -0.2) is 42.3 Å². The van der Waals surface area contributed by atoms with Gasteiger partial charge in [-0.25, -0.2) is 0 Å². The van der Waals surface area contributed by atoms with Crippen LogP contribution in [0.5, 0.6) is 5.88 Å². The molecular weight excluding hydrogens is 278 g/mol. The van der Waals surface area contributed by atoms with Crippen LogP contribution in [0.2, 0.25) is 0 Å². The molecule has 1 saturated heterocycles. The Bertz CT molecular complexity index is 673. The van der Waals surface area contributed by atoms with Crippen molar-refractivity contribution in [3.63, 3.8) is 0 Å². The highest BCUT2D eigenvalue weighted by molar-refractivity contribution is 7.15. The number of thiazole rings is 1. The Balaban J connectivity index is 2.11. The van der Waals surface area contributed by atoms with E-state index >= 15 is 0 Å². The summed E-state index contributed by atoms with van der Waals surface area (Å²) in [6.07, 6.45) is 3.37. The lowest BCUT2D eigenvalue weighted by Gasteiger charge is -2.28. The summed E-state index contributed by atoms with van der Waals surface area (Å²) in [5.41, 5.74) is 0.406. The van der Waals surface area contributed by atoms with Gasteiger partial charge < -0.3 is 14.4 Å². The number of aromatic nitrogens is 2. The van der Waals surface area contributed by atoms with Gasteiger partial charge in [0.15, 0.2) is 10.6 Å². The minimum atomic E-state index is -0.0998. The van der Waals surface area contributed by atoms with Crippen molar-refractivity contribution >= 4 is 22.0 Å². The first-order valence-electron chi connectivity index (χ1n) is 6.37. The first-order valence-corrected chi connectivity index (χ1v) is 7.25. The second-order valence-electron chi connectivity index (χ2n) is 4.33. The zero-order valence-electron chi connectivity index (χ0n) is 10.9. The molecule has 2 aromatic heterocycles. The molecule has 0 N–H and O–H groups in total. The highest BCUT2D eigenvalue weighted by Gasteiger charge is 2.22. The molecule has 1 aliphatic heterocycles. The highest BCUT2D eigenvalue weighted by Crippen LogP contribution is 2.25. The van der Waals surface area contributed by atoms with Crippen LogP contribution < -0.4 is 15.2 Å². The van der Waals surface area contributed by atoms with Gasteiger partial charge in [-0.1, -0.05) is 12.7 Å². The molecule has 1 fully saturated rings. The number of morpholine rings is 1. The number of anilines is 1. The number of nitrogens with zero attached hydrogens (tertiary/aromatic N) is 3. The molecule has 3 heterocycles. The van der Waals surface area contributed by atoms with Gasteiger partial charge in [0, 0.05) is 24.7 Å². The van der Waals surface area contributed by atoms with Crippen LogP contribution in [0.3, 0.4) is 0 Å². The van der Waals surface area contributed by atoms with E-state index in [0.717, 1.165) is 0 Å². The van der Waals surface area contributed by atoms with Crippen molar-refractivity contribution in [2.45, 2.75) is 0 Å². The fraction of sp³-hybridized carbons (Fsp3) is 0.385. The number of hydrogen-bond donors (Lipinski definition) is 0. The molecule has 0 unspecified atom stereocenters. The van der Waals surface area contributed by atoms with Gasteiger partial charge in [0.25, 0.3) is 5.56 Å².